The molecule has 2 aromatic carbocycles. The third kappa shape index (κ3) is 3.88. The highest BCUT2D eigenvalue weighted by atomic mass is 19.4. The number of carboxylic acid groups (broad SMARTS) is 1. The average molecular weight is 297 g/mol. The molecular weight excluding hydrogens is 287 g/mol. The summed E-state index contributed by atoms with van der Waals surface area (Å²) in [6, 6.07) is 9.28. The molecule has 4 nitrogen and oxygen atoms in total. The number of aromatic carboxylic acids is 1. The van der Waals surface area contributed by atoms with E-state index in [-0.39, 0.29) is 17.0 Å². The number of carboxylic acids is 1. The van der Waals surface area contributed by atoms with Gasteiger partial charge in [-0.3, -0.25) is 0 Å². The maximum absolute atomic E-state index is 12.2. The van der Waals surface area contributed by atoms with E-state index in [2.05, 4.69) is 4.74 Å². The Bertz CT molecular complexity index is 683. The zero-order chi connectivity index (χ0) is 15.6. The van der Waals surface area contributed by atoms with Crippen molar-refractivity contribution >= 4 is 11.7 Å². The van der Waals surface area contributed by atoms with Gasteiger partial charge in [0.1, 0.15) is 5.75 Å². The van der Waals surface area contributed by atoms with Crippen LogP contribution in [0.4, 0.5) is 18.9 Å². The van der Waals surface area contributed by atoms with Crippen LogP contribution in [0.2, 0.25) is 0 Å². The molecule has 0 fully saturated rings. The van der Waals surface area contributed by atoms with Gasteiger partial charge >= 0.3 is 12.3 Å². The second-order valence-corrected chi connectivity index (χ2v) is 4.22. The predicted molar refractivity (Wildman–Crippen MR) is 69.9 cm³/mol. The summed E-state index contributed by atoms with van der Waals surface area (Å²) in [6.07, 6.45) is -4.79. The SMILES string of the molecule is Nc1cc(C(=O)O)cc(-c2cccc(OC(F)(F)F)c2)c1. The molecule has 0 atom stereocenters. The van der Waals surface area contributed by atoms with Gasteiger partial charge in [-0.2, -0.15) is 0 Å². The van der Waals surface area contributed by atoms with E-state index < -0.39 is 12.3 Å². The van der Waals surface area contributed by atoms with Crippen LogP contribution in [0.1, 0.15) is 10.4 Å². The highest BCUT2D eigenvalue weighted by molar-refractivity contribution is 5.91. The molecule has 2 rings (SSSR count). The molecule has 0 saturated heterocycles. The van der Waals surface area contributed by atoms with E-state index in [9.17, 15) is 18.0 Å². The molecule has 0 bridgehead atoms. The van der Waals surface area contributed by atoms with Gasteiger partial charge in [-0.1, -0.05) is 12.1 Å². The second kappa shape index (κ2) is 5.35. The van der Waals surface area contributed by atoms with E-state index in [1.54, 1.807) is 0 Å². The fourth-order valence-corrected chi connectivity index (χ4v) is 1.81. The fourth-order valence-electron chi connectivity index (χ4n) is 1.81. The summed E-state index contributed by atoms with van der Waals surface area (Å²) in [5.41, 5.74) is 6.51. The summed E-state index contributed by atoms with van der Waals surface area (Å²) in [6.45, 7) is 0. The Balaban J connectivity index is 2.42. The molecule has 110 valence electrons. The third-order valence-corrected chi connectivity index (χ3v) is 2.60. The van der Waals surface area contributed by atoms with Crippen molar-refractivity contribution in [3.8, 4) is 16.9 Å². The standard InChI is InChI=1S/C14H10F3NO3/c15-14(16,17)21-12-3-1-2-8(7-12)9-4-10(13(19)20)6-11(18)5-9/h1-7H,18H2,(H,19,20). The molecule has 0 spiro atoms. The van der Waals surface area contributed by atoms with Crippen molar-refractivity contribution in [3.63, 3.8) is 0 Å². The van der Waals surface area contributed by atoms with Crippen molar-refractivity contribution in [2.45, 2.75) is 6.36 Å². The summed E-state index contributed by atoms with van der Waals surface area (Å²) in [7, 11) is 0. The number of benzene rings is 2. The molecular formula is C14H10F3NO3. The molecule has 0 heterocycles. The van der Waals surface area contributed by atoms with Gasteiger partial charge in [-0.25, -0.2) is 4.79 Å². The van der Waals surface area contributed by atoms with Gasteiger partial charge in [0.05, 0.1) is 5.56 Å². The van der Waals surface area contributed by atoms with Crippen molar-refractivity contribution in [3.05, 3.63) is 48.0 Å². The molecule has 0 saturated carbocycles. The highest BCUT2D eigenvalue weighted by Gasteiger charge is 2.31. The normalized spacial score (nSPS) is 11.2. The Morgan fingerprint density at radius 2 is 1.81 bits per heavy atom. The van der Waals surface area contributed by atoms with E-state index in [0.717, 1.165) is 12.1 Å². The number of alkyl halides is 3. The van der Waals surface area contributed by atoms with Gasteiger partial charge in [-0.15, -0.1) is 13.2 Å². The third-order valence-electron chi connectivity index (χ3n) is 2.60. The zero-order valence-electron chi connectivity index (χ0n) is 10.5. The van der Waals surface area contributed by atoms with E-state index in [4.69, 9.17) is 10.8 Å². The molecule has 0 unspecified atom stereocenters. The first kappa shape index (κ1) is 14.7. The van der Waals surface area contributed by atoms with Crippen molar-refractivity contribution in [1.82, 2.24) is 0 Å². The molecule has 7 heteroatoms. The van der Waals surface area contributed by atoms with Crippen molar-refractivity contribution in [1.29, 1.82) is 0 Å². The first-order chi connectivity index (χ1) is 9.74. The number of carbonyl (C=O) groups is 1. The maximum atomic E-state index is 12.2. The van der Waals surface area contributed by atoms with Gasteiger partial charge in [0.2, 0.25) is 0 Å². The summed E-state index contributed by atoms with van der Waals surface area (Å²) in [5, 5.41) is 8.96. The number of halogens is 3. The lowest BCUT2D eigenvalue weighted by atomic mass is 10.0. The van der Waals surface area contributed by atoms with Gasteiger partial charge in [0.15, 0.2) is 0 Å². The highest BCUT2D eigenvalue weighted by Crippen LogP contribution is 2.29. The van der Waals surface area contributed by atoms with Crippen LogP contribution in [0.25, 0.3) is 11.1 Å². The predicted octanol–water partition coefficient (Wildman–Crippen LogP) is 3.53. The molecule has 0 amide bonds. The summed E-state index contributed by atoms with van der Waals surface area (Å²) < 4.78 is 40.4. The number of hydrogen-bond donors (Lipinski definition) is 2. The first-order valence-electron chi connectivity index (χ1n) is 5.75. The fraction of sp³-hybridized carbons (Fsp3) is 0.0714. The largest absolute Gasteiger partial charge is 0.573 e. The van der Waals surface area contributed by atoms with Crippen LogP contribution in [0.3, 0.4) is 0 Å². The first-order valence-corrected chi connectivity index (χ1v) is 5.75. The van der Waals surface area contributed by atoms with Crippen molar-refractivity contribution < 1.29 is 27.8 Å². The molecule has 0 radical (unpaired) electrons. The van der Waals surface area contributed by atoms with Gasteiger partial charge < -0.3 is 15.6 Å². The van der Waals surface area contributed by atoms with Crippen LogP contribution in [0, 0.1) is 0 Å². The number of anilines is 1. The lowest BCUT2D eigenvalue weighted by Gasteiger charge is -2.11. The van der Waals surface area contributed by atoms with Gasteiger partial charge in [-0.05, 0) is 41.5 Å². The Kier molecular flexibility index (Phi) is 3.75. The molecule has 0 aliphatic heterocycles. The Morgan fingerprint density at radius 3 is 2.43 bits per heavy atom. The molecule has 21 heavy (non-hydrogen) atoms. The Hall–Kier alpha value is -2.70. The molecule has 2 aromatic rings. The second-order valence-electron chi connectivity index (χ2n) is 4.22. The molecule has 3 N–H and O–H groups in total. The van der Waals surface area contributed by atoms with Crippen LogP contribution in [-0.4, -0.2) is 17.4 Å². The van der Waals surface area contributed by atoms with Crippen LogP contribution >= 0.6 is 0 Å². The smallest absolute Gasteiger partial charge is 0.478 e. The number of rotatable bonds is 3. The van der Waals surface area contributed by atoms with Crippen LogP contribution in [-0.2, 0) is 0 Å². The zero-order valence-corrected chi connectivity index (χ0v) is 10.5. The number of nitrogen functional groups attached to an aromatic ring is 1. The van der Waals surface area contributed by atoms with E-state index in [1.165, 1.54) is 30.3 Å². The van der Waals surface area contributed by atoms with Gasteiger partial charge in [0, 0.05) is 5.69 Å². The van der Waals surface area contributed by atoms with Gasteiger partial charge in [0.25, 0.3) is 0 Å². The Morgan fingerprint density at radius 1 is 1.10 bits per heavy atom. The van der Waals surface area contributed by atoms with E-state index in [0.29, 0.717) is 11.1 Å². The molecule has 0 aliphatic carbocycles. The quantitative estimate of drug-likeness (QED) is 0.850. The summed E-state index contributed by atoms with van der Waals surface area (Å²) >= 11 is 0. The van der Waals surface area contributed by atoms with Crippen LogP contribution < -0.4 is 10.5 Å². The van der Waals surface area contributed by atoms with Crippen molar-refractivity contribution in [2.75, 3.05) is 5.73 Å². The lowest BCUT2D eigenvalue weighted by Crippen LogP contribution is -2.17. The minimum atomic E-state index is -4.79. The summed E-state index contributed by atoms with van der Waals surface area (Å²) in [5.74, 6) is -1.56. The number of nitrogens with two attached hydrogens (primary N) is 1. The van der Waals surface area contributed by atoms with E-state index in [1.807, 2.05) is 0 Å². The maximum Gasteiger partial charge on any atom is 0.573 e. The number of ether oxygens (including phenoxy) is 1. The minimum absolute atomic E-state index is 0.0489. The van der Waals surface area contributed by atoms with Crippen LogP contribution in [0.15, 0.2) is 42.5 Å². The lowest BCUT2D eigenvalue weighted by molar-refractivity contribution is -0.274. The van der Waals surface area contributed by atoms with E-state index >= 15 is 0 Å². The Labute approximate surface area is 117 Å². The monoisotopic (exact) mass is 297 g/mol. The molecule has 0 aromatic heterocycles. The topological polar surface area (TPSA) is 72.6 Å². The van der Waals surface area contributed by atoms with Crippen molar-refractivity contribution in [2.24, 2.45) is 0 Å². The minimum Gasteiger partial charge on any atom is -0.478 e. The number of hydrogen-bond acceptors (Lipinski definition) is 3. The van der Waals surface area contributed by atoms with Crippen LogP contribution in [0.5, 0.6) is 5.75 Å². The average Bonchev–Trinajstić information content (AvgIpc) is 2.36. The summed E-state index contributed by atoms with van der Waals surface area (Å²) in [4.78, 5) is 11.0. The molecule has 0 aliphatic rings.